The Morgan fingerprint density at radius 1 is 1.00 bits per heavy atom. The van der Waals surface area contributed by atoms with Gasteiger partial charge in [-0.25, -0.2) is 15.4 Å². The molecule has 4 nitrogen and oxygen atoms in total. The van der Waals surface area contributed by atoms with Gasteiger partial charge in [-0.15, -0.1) is 0 Å². The van der Waals surface area contributed by atoms with Crippen molar-refractivity contribution in [3.8, 4) is 0 Å². The molecule has 27 heavy (non-hydrogen) atoms. The predicted octanol–water partition coefficient (Wildman–Crippen LogP) is 5.91. The van der Waals surface area contributed by atoms with Gasteiger partial charge in [0.05, 0.1) is 5.71 Å². The number of nitrogens with one attached hydrogen (secondary N) is 1. The summed E-state index contributed by atoms with van der Waals surface area (Å²) in [5, 5.41) is 4.55. The van der Waals surface area contributed by atoms with Crippen molar-refractivity contribution < 1.29 is 0 Å². The fourth-order valence-corrected chi connectivity index (χ4v) is 2.88. The first-order valence-corrected chi connectivity index (χ1v) is 10.1. The molecule has 0 saturated heterocycles. The lowest BCUT2D eigenvalue weighted by atomic mass is 9.86. The molecule has 2 rings (SSSR count). The Morgan fingerprint density at radius 2 is 1.70 bits per heavy atom. The number of hydrogen-bond acceptors (Lipinski definition) is 4. The standard InChI is InChI=1S/C23H34N4/c1-7-9-14-21-16-20(11-8-2)24-22(25-21)27-26-17(3)18-12-10-13-19(15-18)23(4,5)6/h10,12-13,15-16H,7-9,11,14H2,1-6H3,(H,24,25,27). The SMILES string of the molecule is CCCCc1cc(CCC)nc(NN=C(C)c2cccc(C(C)(C)C)c2)n1. The van der Waals surface area contributed by atoms with Gasteiger partial charge in [0.15, 0.2) is 0 Å². The van der Waals surface area contributed by atoms with Gasteiger partial charge >= 0.3 is 0 Å². The van der Waals surface area contributed by atoms with Gasteiger partial charge in [0, 0.05) is 11.4 Å². The number of hydrazone groups is 1. The third-order valence-electron chi connectivity index (χ3n) is 4.59. The lowest BCUT2D eigenvalue weighted by Crippen LogP contribution is -2.12. The van der Waals surface area contributed by atoms with Crippen LogP contribution in [0.2, 0.25) is 0 Å². The number of aryl methyl sites for hydroxylation is 2. The van der Waals surface area contributed by atoms with E-state index in [2.05, 4.69) is 85.4 Å². The zero-order valence-corrected chi connectivity index (χ0v) is 17.8. The summed E-state index contributed by atoms with van der Waals surface area (Å²) in [6, 6.07) is 10.7. The highest BCUT2D eigenvalue weighted by Gasteiger charge is 2.14. The molecule has 1 aromatic heterocycles. The Kier molecular flexibility index (Phi) is 7.52. The van der Waals surface area contributed by atoms with Crippen LogP contribution in [0.4, 0.5) is 5.95 Å². The van der Waals surface area contributed by atoms with Crippen LogP contribution in [0.25, 0.3) is 0 Å². The first kappa shape index (κ1) is 21.1. The maximum absolute atomic E-state index is 4.65. The Balaban J connectivity index is 2.21. The van der Waals surface area contributed by atoms with E-state index in [1.165, 1.54) is 5.56 Å². The first-order chi connectivity index (χ1) is 12.8. The van der Waals surface area contributed by atoms with Crippen molar-refractivity contribution in [2.24, 2.45) is 5.10 Å². The van der Waals surface area contributed by atoms with E-state index in [0.717, 1.165) is 54.8 Å². The lowest BCUT2D eigenvalue weighted by molar-refractivity contribution is 0.590. The number of nitrogens with zero attached hydrogens (tertiary/aromatic N) is 3. The molecule has 2 aromatic rings. The quantitative estimate of drug-likeness (QED) is 0.467. The fourth-order valence-electron chi connectivity index (χ4n) is 2.88. The Labute approximate surface area is 164 Å². The second-order valence-corrected chi connectivity index (χ2v) is 8.17. The van der Waals surface area contributed by atoms with Crippen LogP contribution in [-0.2, 0) is 18.3 Å². The van der Waals surface area contributed by atoms with E-state index < -0.39 is 0 Å². The summed E-state index contributed by atoms with van der Waals surface area (Å²) in [7, 11) is 0. The van der Waals surface area contributed by atoms with E-state index in [0.29, 0.717) is 5.95 Å². The number of hydrogen-bond donors (Lipinski definition) is 1. The normalized spacial score (nSPS) is 12.3. The van der Waals surface area contributed by atoms with Crippen LogP contribution < -0.4 is 5.43 Å². The van der Waals surface area contributed by atoms with Crippen molar-refractivity contribution in [1.82, 2.24) is 9.97 Å². The molecular formula is C23H34N4. The van der Waals surface area contributed by atoms with Crippen LogP contribution in [0.1, 0.15) is 83.3 Å². The molecular weight excluding hydrogens is 332 g/mol. The molecule has 0 atom stereocenters. The second-order valence-electron chi connectivity index (χ2n) is 8.17. The number of unbranched alkanes of at least 4 members (excludes halogenated alkanes) is 1. The summed E-state index contributed by atoms with van der Waals surface area (Å²) in [5.41, 5.74) is 8.74. The summed E-state index contributed by atoms with van der Waals surface area (Å²) < 4.78 is 0. The van der Waals surface area contributed by atoms with Gasteiger partial charge in [-0.05, 0) is 54.9 Å². The average Bonchev–Trinajstić information content (AvgIpc) is 2.64. The van der Waals surface area contributed by atoms with Gasteiger partial charge < -0.3 is 0 Å². The van der Waals surface area contributed by atoms with E-state index in [1.54, 1.807) is 0 Å². The Bertz CT molecular complexity index is 772. The first-order valence-electron chi connectivity index (χ1n) is 10.1. The highest BCUT2D eigenvalue weighted by atomic mass is 15.4. The van der Waals surface area contributed by atoms with E-state index in [1.807, 2.05) is 6.92 Å². The third kappa shape index (κ3) is 6.46. The molecule has 1 heterocycles. The summed E-state index contributed by atoms with van der Waals surface area (Å²) in [4.78, 5) is 9.27. The van der Waals surface area contributed by atoms with Crippen molar-refractivity contribution in [2.75, 3.05) is 5.43 Å². The molecule has 1 N–H and O–H groups in total. The molecule has 146 valence electrons. The smallest absolute Gasteiger partial charge is 0.243 e. The summed E-state index contributed by atoms with van der Waals surface area (Å²) in [5.74, 6) is 0.596. The van der Waals surface area contributed by atoms with Crippen molar-refractivity contribution in [2.45, 2.75) is 79.1 Å². The molecule has 1 aromatic carbocycles. The predicted molar refractivity (Wildman–Crippen MR) is 116 cm³/mol. The molecule has 4 heteroatoms. The Morgan fingerprint density at radius 3 is 2.33 bits per heavy atom. The minimum absolute atomic E-state index is 0.121. The molecule has 0 aliphatic carbocycles. The Hall–Kier alpha value is -2.23. The largest absolute Gasteiger partial charge is 0.245 e. The second kappa shape index (κ2) is 9.63. The van der Waals surface area contributed by atoms with E-state index in [9.17, 15) is 0 Å². The van der Waals surface area contributed by atoms with Gasteiger partial charge in [0.1, 0.15) is 0 Å². The van der Waals surface area contributed by atoms with Crippen molar-refractivity contribution in [3.05, 3.63) is 52.8 Å². The number of anilines is 1. The highest BCUT2D eigenvalue weighted by molar-refractivity contribution is 5.99. The molecule has 0 aliphatic rings. The monoisotopic (exact) mass is 366 g/mol. The minimum Gasteiger partial charge on any atom is -0.245 e. The van der Waals surface area contributed by atoms with Gasteiger partial charge in [-0.3, -0.25) is 0 Å². The molecule has 0 aliphatic heterocycles. The molecule has 0 saturated carbocycles. The number of aromatic nitrogens is 2. The van der Waals surface area contributed by atoms with Gasteiger partial charge in [-0.2, -0.15) is 5.10 Å². The number of rotatable bonds is 8. The third-order valence-corrected chi connectivity index (χ3v) is 4.59. The van der Waals surface area contributed by atoms with Crippen molar-refractivity contribution in [3.63, 3.8) is 0 Å². The molecule has 0 fully saturated rings. The minimum atomic E-state index is 0.121. The molecule has 0 spiro atoms. The summed E-state index contributed by atoms with van der Waals surface area (Å²) >= 11 is 0. The maximum atomic E-state index is 4.65. The van der Waals surface area contributed by atoms with Gasteiger partial charge in [0.25, 0.3) is 0 Å². The van der Waals surface area contributed by atoms with Crippen molar-refractivity contribution >= 4 is 11.7 Å². The zero-order valence-electron chi connectivity index (χ0n) is 17.8. The fraction of sp³-hybridized carbons (Fsp3) is 0.522. The van der Waals surface area contributed by atoms with Gasteiger partial charge in [0.2, 0.25) is 5.95 Å². The van der Waals surface area contributed by atoms with Crippen LogP contribution in [0.3, 0.4) is 0 Å². The molecule has 0 amide bonds. The number of benzene rings is 1. The summed E-state index contributed by atoms with van der Waals surface area (Å²) in [6.45, 7) is 13.1. The summed E-state index contributed by atoms with van der Waals surface area (Å²) in [6.07, 6.45) is 5.33. The van der Waals surface area contributed by atoms with Crippen LogP contribution in [0.15, 0.2) is 35.4 Å². The van der Waals surface area contributed by atoms with Crippen LogP contribution in [0, 0.1) is 0 Å². The van der Waals surface area contributed by atoms with E-state index in [4.69, 9.17) is 0 Å². The zero-order chi connectivity index (χ0) is 19.9. The molecule has 0 radical (unpaired) electrons. The molecule has 0 unspecified atom stereocenters. The van der Waals surface area contributed by atoms with E-state index >= 15 is 0 Å². The van der Waals surface area contributed by atoms with Gasteiger partial charge in [-0.1, -0.05) is 65.7 Å². The van der Waals surface area contributed by atoms with Crippen molar-refractivity contribution in [1.29, 1.82) is 0 Å². The van der Waals surface area contributed by atoms with E-state index in [-0.39, 0.29) is 5.41 Å². The van der Waals surface area contributed by atoms with Crippen LogP contribution >= 0.6 is 0 Å². The average molecular weight is 367 g/mol. The topological polar surface area (TPSA) is 50.2 Å². The maximum Gasteiger partial charge on any atom is 0.243 e. The lowest BCUT2D eigenvalue weighted by Gasteiger charge is -2.19. The van der Waals surface area contributed by atoms with Crippen LogP contribution in [-0.4, -0.2) is 15.7 Å². The highest BCUT2D eigenvalue weighted by Crippen LogP contribution is 2.23. The van der Waals surface area contributed by atoms with Crippen LogP contribution in [0.5, 0.6) is 0 Å². The molecule has 0 bridgehead atoms.